The van der Waals surface area contributed by atoms with Gasteiger partial charge in [-0.3, -0.25) is 0 Å². The summed E-state index contributed by atoms with van der Waals surface area (Å²) in [6, 6.07) is 0. The van der Waals surface area contributed by atoms with Crippen LogP contribution in [0.15, 0.2) is 21.1 Å². The zero-order valence-electron chi connectivity index (χ0n) is 46.0. The fourth-order valence-corrected chi connectivity index (χ4v) is 5.45. The third-order valence-electron chi connectivity index (χ3n) is 8.97. The van der Waals surface area contributed by atoms with E-state index in [1.807, 2.05) is 20.8 Å². The number of cyclic esters (lactones) is 12. The topological polar surface area (TPSA) is 408 Å². The van der Waals surface area contributed by atoms with Crippen molar-refractivity contribution >= 4 is 119 Å². The third-order valence-corrected chi connectivity index (χ3v) is 9.59. The molecule has 0 aliphatic carbocycles. The fraction of sp³-hybridized carbons (Fsp3) is 0.660. The molecule has 0 N–H and O–H groups in total. The summed E-state index contributed by atoms with van der Waals surface area (Å²) < 4.78 is 102. The molecule has 6 atom stereocenters. The summed E-state index contributed by atoms with van der Waals surface area (Å²) in [6.07, 6.45) is -6.85. The molecule has 6 unspecified atom stereocenters. The second kappa shape index (κ2) is 45.3. The van der Waals surface area contributed by atoms with Gasteiger partial charge in [0.25, 0.3) is 0 Å². The molecular weight excluding hydrogens is 1250 g/mol. The van der Waals surface area contributed by atoms with Crippen molar-refractivity contribution < 1.29 is 162 Å². The second-order valence-corrected chi connectivity index (χ2v) is 17.7. The van der Waals surface area contributed by atoms with E-state index in [1.54, 1.807) is 7.11 Å². The molecule has 38 heteroatoms. The van der Waals surface area contributed by atoms with Crippen LogP contribution >= 0.6 is 46.4 Å². The number of esters is 6. The highest BCUT2D eigenvalue weighted by molar-refractivity contribution is 6.56. The molecule has 34 nitrogen and oxygen atoms in total. The molecule has 0 aromatic rings. The first kappa shape index (κ1) is 75.9. The van der Waals surface area contributed by atoms with Crippen molar-refractivity contribution in [1.82, 2.24) is 0 Å². The van der Waals surface area contributed by atoms with E-state index >= 15 is 0 Å². The lowest BCUT2D eigenvalue weighted by Crippen LogP contribution is -2.27. The monoisotopic (exact) mass is 1310 g/mol. The minimum Gasteiger partial charge on any atom is -0.463 e. The third kappa shape index (κ3) is 37.1. The Morgan fingerprint density at radius 3 is 1.02 bits per heavy atom. The zero-order valence-corrected chi connectivity index (χ0v) is 49.0. The number of methoxy groups -OCH3 is 2. The van der Waals surface area contributed by atoms with Gasteiger partial charge in [0.05, 0.1) is 39.1 Å². The standard InChI is InChI=1S/C9H14O6.C8H8Cl2O5.2C8H12O6.C7H6Cl2O5.C7H10O6/c1-6(2)12-3-4-13-8(10)7-5-14-9(11)15-7;9-6(10)2-1-3-13-7(11)5-4-14-8(12)15-5;1-11-3-2-4-12-7(9)6-5-13-8(10)14-6;1-2-11-3-4-12-7(9)6-5-13-8(10)14-6;8-5(9)1-2-12-6(10)4-3-13-7(11)14-4;1-10-2-3-11-6(8)5-4-12-7(9)13-5/h6-7H,3-5H2,1-2H3;2,5H,1,3-4H2;2*6H,2-5H2,1H3;1,4H,2-3H2;5H,2-4H2,1H3. The van der Waals surface area contributed by atoms with Crippen LogP contribution in [0.5, 0.6) is 0 Å². The van der Waals surface area contributed by atoms with Gasteiger partial charge in [-0.1, -0.05) is 52.5 Å². The number of ether oxygens (including phenoxy) is 22. The van der Waals surface area contributed by atoms with Crippen LogP contribution in [0.2, 0.25) is 0 Å². The highest BCUT2D eigenvalue weighted by atomic mass is 35.5. The van der Waals surface area contributed by atoms with Crippen LogP contribution in [0.4, 0.5) is 28.8 Å². The average molecular weight is 1310 g/mol. The molecule has 0 aromatic heterocycles. The number of hydrogen-bond acceptors (Lipinski definition) is 34. The lowest BCUT2D eigenvalue weighted by Gasteiger charge is -2.09. The van der Waals surface area contributed by atoms with Crippen LogP contribution in [-0.2, 0) is 133 Å². The summed E-state index contributed by atoms with van der Waals surface area (Å²) in [4.78, 5) is 129. The van der Waals surface area contributed by atoms with Crippen LogP contribution in [0.3, 0.4) is 0 Å². The molecule has 6 aliphatic heterocycles. The van der Waals surface area contributed by atoms with E-state index in [4.69, 9.17) is 84.3 Å². The van der Waals surface area contributed by atoms with Crippen molar-refractivity contribution in [3.63, 3.8) is 0 Å². The predicted octanol–water partition coefficient (Wildman–Crippen LogP) is 3.56. The maximum absolute atomic E-state index is 11.2. The Morgan fingerprint density at radius 2 is 0.729 bits per heavy atom. The van der Waals surface area contributed by atoms with Crippen molar-refractivity contribution in [2.45, 2.75) is 76.3 Å². The Bertz CT molecular complexity index is 2160. The summed E-state index contributed by atoms with van der Waals surface area (Å²) in [5.74, 6) is -3.72. The minimum atomic E-state index is -0.995. The first-order chi connectivity index (χ1) is 40.5. The summed E-state index contributed by atoms with van der Waals surface area (Å²) in [6.45, 7) is 7.87. The fourth-order valence-electron chi connectivity index (χ4n) is 5.11. The van der Waals surface area contributed by atoms with Crippen molar-refractivity contribution in [3.8, 4) is 0 Å². The van der Waals surface area contributed by atoms with Crippen LogP contribution in [0.25, 0.3) is 0 Å². The van der Waals surface area contributed by atoms with E-state index in [9.17, 15) is 57.5 Å². The molecule has 85 heavy (non-hydrogen) atoms. The maximum atomic E-state index is 11.2. The molecular formula is C47H62Cl4O34. The molecule has 0 bridgehead atoms. The molecule has 6 aliphatic rings. The summed E-state index contributed by atoms with van der Waals surface area (Å²) >= 11 is 21.2. The van der Waals surface area contributed by atoms with E-state index < -0.39 is 109 Å². The van der Waals surface area contributed by atoms with Crippen LogP contribution in [0.1, 0.15) is 33.6 Å². The first-order valence-corrected chi connectivity index (χ1v) is 26.2. The Kier molecular flexibility index (Phi) is 40.5. The summed E-state index contributed by atoms with van der Waals surface area (Å²) in [5.41, 5.74) is 0. The Morgan fingerprint density at radius 1 is 0.424 bits per heavy atom. The lowest BCUT2D eigenvalue weighted by molar-refractivity contribution is -0.154. The zero-order chi connectivity index (χ0) is 63.5. The van der Waals surface area contributed by atoms with Gasteiger partial charge in [0, 0.05) is 40.3 Å². The van der Waals surface area contributed by atoms with Crippen molar-refractivity contribution in [2.75, 3.05) is 127 Å². The van der Waals surface area contributed by atoms with Crippen LogP contribution in [-0.4, -0.2) is 242 Å². The molecule has 6 rings (SSSR count). The van der Waals surface area contributed by atoms with Gasteiger partial charge in [0.15, 0.2) is 0 Å². The molecule has 0 aromatic carbocycles. The average Bonchev–Trinajstić information content (AvgIpc) is 4.47. The Hall–Kier alpha value is -7.08. The first-order valence-electron chi connectivity index (χ1n) is 24.7. The van der Waals surface area contributed by atoms with E-state index in [0.717, 1.165) is 0 Å². The highest BCUT2D eigenvalue weighted by Gasteiger charge is 2.37. The molecule has 0 saturated carbocycles. The van der Waals surface area contributed by atoms with Gasteiger partial charge in [0.1, 0.15) is 75.1 Å². The van der Waals surface area contributed by atoms with Crippen LogP contribution in [0, 0.1) is 0 Å². The molecule has 482 valence electrons. The van der Waals surface area contributed by atoms with Crippen molar-refractivity contribution in [2.24, 2.45) is 0 Å². The number of halogens is 4. The van der Waals surface area contributed by atoms with Gasteiger partial charge in [-0.25, -0.2) is 57.5 Å². The lowest BCUT2D eigenvalue weighted by atomic mass is 10.4. The predicted molar refractivity (Wildman–Crippen MR) is 273 cm³/mol. The molecule has 0 amide bonds. The van der Waals surface area contributed by atoms with Crippen molar-refractivity contribution in [3.05, 3.63) is 21.1 Å². The minimum absolute atomic E-state index is 0.00235. The van der Waals surface area contributed by atoms with Gasteiger partial charge in [0.2, 0.25) is 36.6 Å². The number of rotatable bonds is 26. The summed E-state index contributed by atoms with van der Waals surface area (Å²) in [5, 5.41) is 0. The van der Waals surface area contributed by atoms with E-state index in [0.29, 0.717) is 45.9 Å². The number of carbonyl (C=O) groups is 12. The summed E-state index contributed by atoms with van der Waals surface area (Å²) in [7, 11) is 3.06. The Labute approximate surface area is 503 Å². The van der Waals surface area contributed by atoms with Crippen LogP contribution < -0.4 is 0 Å². The smallest absolute Gasteiger partial charge is 0.463 e. The highest BCUT2D eigenvalue weighted by Crippen LogP contribution is 2.14. The second-order valence-electron chi connectivity index (χ2n) is 15.7. The van der Waals surface area contributed by atoms with E-state index in [-0.39, 0.29) is 94.4 Å². The molecule has 6 fully saturated rings. The SMILES string of the molecule is CC(C)OCCOC(=O)C1COC(=O)O1.CCOCCOC(=O)C1COC(=O)O1.COCCCOC(=O)C1COC(=O)O1.COCCOC(=O)C1COC(=O)O1.O=C1OCC(C(=O)OCC=C(Cl)Cl)O1.O=C1OCC(C(=O)OCCC=C(Cl)Cl)O1. The van der Waals surface area contributed by atoms with Gasteiger partial charge >= 0.3 is 72.7 Å². The van der Waals surface area contributed by atoms with Crippen molar-refractivity contribution in [1.29, 1.82) is 0 Å². The molecule has 0 spiro atoms. The normalized spacial score (nSPS) is 19.9. The molecule has 6 heterocycles. The van der Waals surface area contributed by atoms with Gasteiger partial charge in [-0.05, 0) is 26.8 Å². The largest absolute Gasteiger partial charge is 0.509 e. The van der Waals surface area contributed by atoms with Gasteiger partial charge < -0.3 is 104 Å². The van der Waals surface area contributed by atoms with E-state index in [2.05, 4.69) is 66.3 Å². The van der Waals surface area contributed by atoms with Gasteiger partial charge in [-0.15, -0.1) is 0 Å². The quantitative estimate of drug-likeness (QED) is 0.0678. The number of carbonyl (C=O) groups excluding carboxylic acids is 12. The van der Waals surface area contributed by atoms with Gasteiger partial charge in [-0.2, -0.15) is 0 Å². The Balaban J connectivity index is 0.000000510. The maximum Gasteiger partial charge on any atom is 0.509 e. The van der Waals surface area contributed by atoms with E-state index in [1.165, 1.54) is 19.3 Å². The number of hydrogen-bond donors (Lipinski definition) is 0. The molecule has 6 saturated heterocycles. The molecule has 0 radical (unpaired) electrons.